The molecule has 1 unspecified atom stereocenters. The van der Waals surface area contributed by atoms with Crippen LogP contribution in [0.1, 0.15) is 56.8 Å². The van der Waals surface area contributed by atoms with Crippen molar-refractivity contribution < 1.29 is 0 Å². The summed E-state index contributed by atoms with van der Waals surface area (Å²) in [7, 11) is 0. The van der Waals surface area contributed by atoms with Crippen LogP contribution in [0.15, 0.2) is 0 Å². The van der Waals surface area contributed by atoms with Crippen LogP contribution in [0.3, 0.4) is 0 Å². The van der Waals surface area contributed by atoms with Crippen LogP contribution < -0.4 is 5.73 Å². The number of hydrogen-bond acceptors (Lipinski definition) is 5. The van der Waals surface area contributed by atoms with Gasteiger partial charge in [0.05, 0.1) is 0 Å². The van der Waals surface area contributed by atoms with Gasteiger partial charge in [-0.1, -0.05) is 38.5 Å². The summed E-state index contributed by atoms with van der Waals surface area (Å²) in [6.45, 7) is 7.24. The van der Waals surface area contributed by atoms with E-state index in [0.717, 1.165) is 41.6 Å². The number of rotatable bonds is 7. The average Bonchev–Trinajstić information content (AvgIpc) is 2.93. The fourth-order valence-corrected chi connectivity index (χ4v) is 3.10. The monoisotopic (exact) mass is 281 g/mol. The van der Waals surface area contributed by atoms with E-state index in [0.29, 0.717) is 11.8 Å². The number of nitrogens with two attached hydrogens (primary N) is 1. The minimum Gasteiger partial charge on any atom is -0.330 e. The van der Waals surface area contributed by atoms with Gasteiger partial charge in [-0.2, -0.15) is 9.61 Å². The largest absolute Gasteiger partial charge is 0.330 e. The molecule has 2 rings (SSSR count). The molecule has 1 atom stereocenters. The highest BCUT2D eigenvalue weighted by Crippen LogP contribution is 2.22. The van der Waals surface area contributed by atoms with Crippen molar-refractivity contribution in [1.29, 1.82) is 0 Å². The van der Waals surface area contributed by atoms with Crippen molar-refractivity contribution in [2.24, 2.45) is 11.7 Å². The van der Waals surface area contributed by atoms with Crippen molar-refractivity contribution in [1.82, 2.24) is 19.8 Å². The molecule has 6 heteroatoms. The Hall–Kier alpha value is -1.01. The molecule has 106 valence electrons. The van der Waals surface area contributed by atoms with Gasteiger partial charge in [-0.15, -0.1) is 10.2 Å². The zero-order chi connectivity index (χ0) is 13.8. The smallest absolute Gasteiger partial charge is 0.234 e. The van der Waals surface area contributed by atoms with Crippen LogP contribution in [0.4, 0.5) is 0 Å². The molecule has 2 aromatic rings. The first-order valence-electron chi connectivity index (χ1n) is 7.06. The van der Waals surface area contributed by atoms with Crippen LogP contribution in [0, 0.1) is 5.92 Å². The second kappa shape index (κ2) is 6.43. The summed E-state index contributed by atoms with van der Waals surface area (Å²) in [6, 6.07) is 0. The summed E-state index contributed by atoms with van der Waals surface area (Å²) in [5.41, 5.74) is 5.64. The first-order chi connectivity index (χ1) is 9.15. The average molecular weight is 281 g/mol. The maximum Gasteiger partial charge on any atom is 0.234 e. The van der Waals surface area contributed by atoms with Gasteiger partial charge >= 0.3 is 0 Å². The van der Waals surface area contributed by atoms with Gasteiger partial charge in [0.15, 0.2) is 5.82 Å². The van der Waals surface area contributed by atoms with Gasteiger partial charge in [0.25, 0.3) is 0 Å². The molecule has 0 aromatic carbocycles. The van der Waals surface area contributed by atoms with Crippen LogP contribution in [0.5, 0.6) is 0 Å². The van der Waals surface area contributed by atoms with E-state index in [1.54, 1.807) is 11.3 Å². The third kappa shape index (κ3) is 3.30. The molecule has 0 saturated carbocycles. The van der Waals surface area contributed by atoms with Crippen molar-refractivity contribution in [3.63, 3.8) is 0 Å². The maximum absolute atomic E-state index is 5.64. The first kappa shape index (κ1) is 14.4. The van der Waals surface area contributed by atoms with E-state index in [-0.39, 0.29) is 0 Å². The van der Waals surface area contributed by atoms with Crippen molar-refractivity contribution in [2.45, 2.75) is 52.4 Å². The molecular weight excluding hydrogens is 258 g/mol. The lowest BCUT2D eigenvalue weighted by Crippen LogP contribution is -2.09. The number of aromatic nitrogens is 4. The summed E-state index contributed by atoms with van der Waals surface area (Å²) in [4.78, 5) is 0.908. The Labute approximate surface area is 118 Å². The van der Waals surface area contributed by atoms with E-state index < -0.39 is 0 Å². The molecule has 0 aliphatic heterocycles. The minimum atomic E-state index is 0.352. The molecule has 0 amide bonds. The van der Waals surface area contributed by atoms with Crippen molar-refractivity contribution >= 4 is 16.3 Å². The molecule has 2 N–H and O–H groups in total. The van der Waals surface area contributed by atoms with Gasteiger partial charge in [-0.05, 0) is 25.3 Å². The molecule has 0 aliphatic carbocycles. The van der Waals surface area contributed by atoms with Crippen LogP contribution >= 0.6 is 11.3 Å². The Balaban J connectivity index is 2.05. The second-order valence-corrected chi connectivity index (χ2v) is 6.33. The molecule has 0 aliphatic rings. The molecule has 0 bridgehead atoms. The highest BCUT2D eigenvalue weighted by atomic mass is 32.1. The quantitative estimate of drug-likeness (QED) is 0.847. The zero-order valence-corrected chi connectivity index (χ0v) is 12.8. The van der Waals surface area contributed by atoms with Crippen LogP contribution in [0.2, 0.25) is 0 Å². The van der Waals surface area contributed by atoms with Crippen molar-refractivity contribution in [3.8, 4) is 0 Å². The normalized spacial score (nSPS) is 13.5. The molecule has 5 nitrogen and oxygen atoms in total. The summed E-state index contributed by atoms with van der Waals surface area (Å²) < 4.78 is 1.90. The van der Waals surface area contributed by atoms with Gasteiger partial charge in [0, 0.05) is 12.3 Å². The predicted octanol–water partition coefficient (Wildman–Crippen LogP) is 2.62. The van der Waals surface area contributed by atoms with Crippen molar-refractivity contribution in [3.05, 3.63) is 10.8 Å². The lowest BCUT2D eigenvalue weighted by Gasteiger charge is -2.11. The zero-order valence-electron chi connectivity index (χ0n) is 12.0. The Bertz CT molecular complexity index is 516. The van der Waals surface area contributed by atoms with Crippen LogP contribution in [0.25, 0.3) is 4.96 Å². The van der Waals surface area contributed by atoms with E-state index >= 15 is 0 Å². The van der Waals surface area contributed by atoms with Gasteiger partial charge in [0.1, 0.15) is 5.01 Å². The Kier molecular flexibility index (Phi) is 4.87. The fourth-order valence-electron chi connectivity index (χ4n) is 2.25. The Morgan fingerprint density at radius 3 is 2.68 bits per heavy atom. The van der Waals surface area contributed by atoms with E-state index in [2.05, 4.69) is 36.1 Å². The van der Waals surface area contributed by atoms with Crippen molar-refractivity contribution in [2.75, 3.05) is 6.54 Å². The van der Waals surface area contributed by atoms with E-state index in [9.17, 15) is 0 Å². The Morgan fingerprint density at radius 1 is 1.26 bits per heavy atom. The second-order valence-electron chi connectivity index (χ2n) is 5.29. The highest BCUT2D eigenvalue weighted by molar-refractivity contribution is 7.16. The van der Waals surface area contributed by atoms with Gasteiger partial charge in [-0.3, -0.25) is 0 Å². The van der Waals surface area contributed by atoms with Gasteiger partial charge < -0.3 is 5.73 Å². The number of hydrogen-bond donors (Lipinski definition) is 1. The summed E-state index contributed by atoms with van der Waals surface area (Å²) in [5.74, 6) is 2.01. The van der Waals surface area contributed by atoms with E-state index in [1.807, 2.05) is 4.52 Å². The molecule has 2 heterocycles. The SMILES string of the molecule is CCC(CCN)CCc1nn2c(C(C)C)nnc2s1. The lowest BCUT2D eigenvalue weighted by molar-refractivity contribution is 0.442. The maximum atomic E-state index is 5.64. The first-order valence-corrected chi connectivity index (χ1v) is 7.88. The molecule has 0 fully saturated rings. The predicted molar refractivity (Wildman–Crippen MR) is 78.5 cm³/mol. The fraction of sp³-hybridized carbons (Fsp3) is 0.769. The number of nitrogens with zero attached hydrogens (tertiary/aromatic N) is 4. The number of fused-ring (bicyclic) bond motifs is 1. The summed E-state index contributed by atoms with van der Waals surface area (Å²) >= 11 is 1.65. The topological polar surface area (TPSA) is 69.1 Å². The van der Waals surface area contributed by atoms with Gasteiger partial charge in [-0.25, -0.2) is 0 Å². The minimum absolute atomic E-state index is 0.352. The lowest BCUT2D eigenvalue weighted by atomic mass is 9.97. The van der Waals surface area contributed by atoms with E-state index in [1.165, 1.54) is 6.42 Å². The molecule has 0 radical (unpaired) electrons. The molecular formula is C13H23N5S. The number of aryl methyl sites for hydroxylation is 1. The third-order valence-corrected chi connectivity index (χ3v) is 4.45. The Morgan fingerprint density at radius 2 is 2.05 bits per heavy atom. The molecule has 0 spiro atoms. The molecule has 0 saturated heterocycles. The summed E-state index contributed by atoms with van der Waals surface area (Å²) in [6.07, 6.45) is 4.48. The third-order valence-electron chi connectivity index (χ3n) is 3.49. The molecule has 2 aromatic heterocycles. The molecule has 19 heavy (non-hydrogen) atoms. The van der Waals surface area contributed by atoms with Crippen LogP contribution in [-0.4, -0.2) is 26.4 Å². The van der Waals surface area contributed by atoms with E-state index in [4.69, 9.17) is 5.73 Å². The van der Waals surface area contributed by atoms with Crippen LogP contribution in [-0.2, 0) is 6.42 Å². The highest BCUT2D eigenvalue weighted by Gasteiger charge is 2.15. The standard InChI is InChI=1S/C13H23N5S/c1-4-10(7-8-14)5-6-11-17-18-12(9(2)3)15-16-13(18)19-11/h9-10H,4-8,14H2,1-3H3. The van der Waals surface area contributed by atoms with Gasteiger partial charge in [0.2, 0.25) is 4.96 Å². The summed E-state index contributed by atoms with van der Waals surface area (Å²) in [5, 5.41) is 14.2.